The highest BCUT2D eigenvalue weighted by Crippen LogP contribution is 2.46. The third-order valence-electron chi connectivity index (χ3n) is 7.15. The van der Waals surface area contributed by atoms with Crippen LogP contribution < -0.4 is 9.80 Å². The lowest BCUT2D eigenvalue weighted by atomic mass is 9.86. The number of anilines is 4. The van der Waals surface area contributed by atoms with E-state index in [1.165, 1.54) is 61.7 Å². The van der Waals surface area contributed by atoms with Crippen molar-refractivity contribution in [2.24, 2.45) is 0 Å². The summed E-state index contributed by atoms with van der Waals surface area (Å²) in [6, 6.07) is 16.4. The van der Waals surface area contributed by atoms with Gasteiger partial charge in [0.2, 0.25) is 0 Å². The summed E-state index contributed by atoms with van der Waals surface area (Å²) in [6.45, 7) is 21.0. The first-order chi connectivity index (χ1) is 14.5. The Hall–Kier alpha value is -2.74. The fourth-order valence-corrected chi connectivity index (χ4v) is 4.51. The Kier molecular flexibility index (Phi) is 5.16. The minimum absolute atomic E-state index is 0.115. The summed E-state index contributed by atoms with van der Waals surface area (Å²) in [5, 5.41) is 0. The maximum Gasteiger partial charge on any atom is 0.100 e. The fraction of sp³-hybridized carbons (Fsp3) is 0.379. The molecule has 0 amide bonds. The van der Waals surface area contributed by atoms with Crippen molar-refractivity contribution in [3.63, 3.8) is 0 Å². The zero-order chi connectivity index (χ0) is 22.7. The Labute approximate surface area is 188 Å². The molecule has 162 valence electrons. The Morgan fingerprint density at radius 1 is 0.581 bits per heavy atom. The van der Waals surface area contributed by atoms with Crippen LogP contribution in [-0.2, 0) is 5.41 Å². The van der Waals surface area contributed by atoms with Crippen molar-refractivity contribution in [3.8, 4) is 0 Å². The van der Waals surface area contributed by atoms with Crippen LogP contribution in [0.15, 0.2) is 42.5 Å². The summed E-state index contributed by atoms with van der Waals surface area (Å²) in [5.41, 5.74) is 14.8. The van der Waals surface area contributed by atoms with Crippen LogP contribution in [-0.4, -0.2) is 6.67 Å². The van der Waals surface area contributed by atoms with Gasteiger partial charge in [0.15, 0.2) is 0 Å². The van der Waals surface area contributed by atoms with Crippen LogP contribution in [0.4, 0.5) is 22.7 Å². The second kappa shape index (κ2) is 7.44. The number of rotatable bonds is 2. The summed E-state index contributed by atoms with van der Waals surface area (Å²) in [4.78, 5) is 4.94. The zero-order valence-corrected chi connectivity index (χ0v) is 20.6. The molecule has 1 aliphatic heterocycles. The number of benzene rings is 3. The second-order valence-electron chi connectivity index (χ2n) is 10.4. The van der Waals surface area contributed by atoms with Gasteiger partial charge in [-0.15, -0.1) is 0 Å². The summed E-state index contributed by atoms with van der Waals surface area (Å²) < 4.78 is 0. The highest BCUT2D eigenvalue weighted by Gasteiger charge is 2.30. The monoisotopic (exact) mass is 412 g/mol. The van der Waals surface area contributed by atoms with Gasteiger partial charge in [-0.3, -0.25) is 0 Å². The van der Waals surface area contributed by atoms with E-state index in [1.807, 2.05) is 0 Å². The highest BCUT2D eigenvalue weighted by molar-refractivity contribution is 5.88. The first-order valence-corrected chi connectivity index (χ1v) is 11.3. The Balaban J connectivity index is 1.90. The Bertz CT molecular complexity index is 1120. The van der Waals surface area contributed by atoms with E-state index in [4.69, 9.17) is 0 Å². The molecule has 0 saturated heterocycles. The van der Waals surface area contributed by atoms with Crippen molar-refractivity contribution in [2.45, 2.75) is 67.7 Å². The summed E-state index contributed by atoms with van der Waals surface area (Å²) in [6.07, 6.45) is 0. The number of aryl methyl sites for hydroxylation is 4. The second-order valence-corrected chi connectivity index (χ2v) is 10.4. The maximum atomic E-state index is 2.48. The van der Waals surface area contributed by atoms with Crippen LogP contribution in [0.25, 0.3) is 0 Å². The minimum atomic E-state index is 0.115. The molecule has 0 radical (unpaired) electrons. The van der Waals surface area contributed by atoms with Crippen LogP contribution in [0.5, 0.6) is 0 Å². The van der Waals surface area contributed by atoms with Crippen LogP contribution >= 0.6 is 0 Å². The summed E-state index contributed by atoms with van der Waals surface area (Å²) in [7, 11) is 0. The average molecular weight is 413 g/mol. The van der Waals surface area contributed by atoms with Crippen molar-refractivity contribution in [1.82, 2.24) is 0 Å². The third-order valence-corrected chi connectivity index (χ3v) is 7.15. The topological polar surface area (TPSA) is 6.48 Å². The number of fused-ring (bicyclic) bond motifs is 1. The van der Waals surface area contributed by atoms with Gasteiger partial charge in [0.25, 0.3) is 0 Å². The molecule has 1 aliphatic rings. The maximum absolute atomic E-state index is 2.48. The van der Waals surface area contributed by atoms with Gasteiger partial charge >= 0.3 is 0 Å². The van der Waals surface area contributed by atoms with Gasteiger partial charge < -0.3 is 9.80 Å². The molecule has 0 fully saturated rings. The van der Waals surface area contributed by atoms with E-state index < -0.39 is 0 Å². The minimum Gasteiger partial charge on any atom is -0.321 e. The highest BCUT2D eigenvalue weighted by atomic mass is 15.4. The van der Waals surface area contributed by atoms with Crippen molar-refractivity contribution in [1.29, 1.82) is 0 Å². The standard InChI is InChI=1S/C29H36N2/c1-18-12-25(13-19(2)22(18)5)30-17-31(26-14-20(3)23(6)21(4)15-26)28-16-24(29(7,8)9)10-11-27(28)30/h10-16H,17H2,1-9H3. The normalized spacial score (nSPS) is 13.7. The van der Waals surface area contributed by atoms with Gasteiger partial charge in [-0.2, -0.15) is 0 Å². The van der Waals surface area contributed by atoms with Gasteiger partial charge in [-0.25, -0.2) is 0 Å². The fourth-order valence-electron chi connectivity index (χ4n) is 4.51. The number of hydrogen-bond acceptors (Lipinski definition) is 2. The lowest BCUT2D eigenvalue weighted by Gasteiger charge is -2.24. The molecule has 2 nitrogen and oxygen atoms in total. The number of hydrogen-bond donors (Lipinski definition) is 0. The smallest absolute Gasteiger partial charge is 0.100 e. The number of nitrogens with zero attached hydrogens (tertiary/aromatic N) is 2. The van der Waals surface area contributed by atoms with E-state index in [2.05, 4.69) is 115 Å². The van der Waals surface area contributed by atoms with Crippen molar-refractivity contribution < 1.29 is 0 Å². The molecule has 0 unspecified atom stereocenters. The predicted molar refractivity (Wildman–Crippen MR) is 136 cm³/mol. The molecule has 3 aromatic carbocycles. The largest absolute Gasteiger partial charge is 0.321 e. The molecule has 0 N–H and O–H groups in total. The van der Waals surface area contributed by atoms with Gasteiger partial charge in [0.1, 0.15) is 6.67 Å². The van der Waals surface area contributed by atoms with Crippen LogP contribution in [0, 0.1) is 41.5 Å². The van der Waals surface area contributed by atoms with E-state index in [1.54, 1.807) is 0 Å². The lowest BCUT2D eigenvalue weighted by molar-refractivity contribution is 0.590. The molecular formula is C29H36N2. The van der Waals surface area contributed by atoms with Crippen molar-refractivity contribution in [3.05, 3.63) is 81.4 Å². The Morgan fingerprint density at radius 3 is 1.42 bits per heavy atom. The molecule has 0 bridgehead atoms. The van der Waals surface area contributed by atoms with E-state index >= 15 is 0 Å². The van der Waals surface area contributed by atoms with E-state index in [-0.39, 0.29) is 5.41 Å². The van der Waals surface area contributed by atoms with Crippen LogP contribution in [0.3, 0.4) is 0 Å². The first kappa shape index (κ1) is 21.5. The quantitative estimate of drug-likeness (QED) is 0.420. The molecule has 0 saturated carbocycles. The molecule has 31 heavy (non-hydrogen) atoms. The van der Waals surface area contributed by atoms with Crippen molar-refractivity contribution >= 4 is 22.7 Å². The van der Waals surface area contributed by atoms with Gasteiger partial charge in [0, 0.05) is 11.4 Å². The van der Waals surface area contributed by atoms with Crippen LogP contribution in [0.1, 0.15) is 59.7 Å². The third kappa shape index (κ3) is 3.73. The van der Waals surface area contributed by atoms with E-state index in [0.717, 1.165) is 6.67 Å². The molecule has 3 aromatic rings. The van der Waals surface area contributed by atoms with Gasteiger partial charge in [0.05, 0.1) is 11.4 Å². The molecule has 0 spiro atoms. The lowest BCUT2D eigenvalue weighted by Crippen LogP contribution is -2.24. The molecule has 0 atom stereocenters. The van der Waals surface area contributed by atoms with E-state index in [9.17, 15) is 0 Å². The molecule has 1 heterocycles. The van der Waals surface area contributed by atoms with E-state index in [0.29, 0.717) is 0 Å². The van der Waals surface area contributed by atoms with Gasteiger partial charge in [-0.1, -0.05) is 26.8 Å². The SMILES string of the molecule is Cc1cc(N2CN(c3cc(C)c(C)c(C)c3)c3cc(C(C)(C)C)ccc32)cc(C)c1C. The summed E-state index contributed by atoms with van der Waals surface area (Å²) in [5.74, 6) is 0. The first-order valence-electron chi connectivity index (χ1n) is 11.3. The molecule has 0 aromatic heterocycles. The molecular weight excluding hydrogens is 376 g/mol. The molecule has 2 heteroatoms. The van der Waals surface area contributed by atoms with Gasteiger partial charge in [-0.05, 0) is 122 Å². The Morgan fingerprint density at radius 2 is 1.00 bits per heavy atom. The van der Waals surface area contributed by atoms with Crippen LogP contribution in [0.2, 0.25) is 0 Å². The summed E-state index contributed by atoms with van der Waals surface area (Å²) >= 11 is 0. The average Bonchev–Trinajstić information content (AvgIpc) is 3.08. The molecule has 0 aliphatic carbocycles. The zero-order valence-electron chi connectivity index (χ0n) is 20.6. The molecule has 4 rings (SSSR count). The van der Waals surface area contributed by atoms with Crippen molar-refractivity contribution in [2.75, 3.05) is 16.5 Å². The predicted octanol–water partition coefficient (Wildman–Crippen LogP) is 8.08.